The van der Waals surface area contributed by atoms with Crippen molar-refractivity contribution < 1.29 is 19.7 Å². The topological polar surface area (TPSA) is 73.2 Å². The molecule has 0 aromatic carbocycles. The van der Waals surface area contributed by atoms with Crippen molar-refractivity contribution in [1.29, 1.82) is 0 Å². The molecule has 1 heterocycles. The third kappa shape index (κ3) is 5.33. The number of rotatable bonds is 4. The van der Waals surface area contributed by atoms with Crippen molar-refractivity contribution in [1.82, 2.24) is 9.80 Å². The number of nitrogens with zero attached hydrogens (tertiary/aromatic N) is 2. The number of ether oxygens (including phenoxy) is 1. The van der Waals surface area contributed by atoms with Gasteiger partial charge in [0.15, 0.2) is 0 Å². The molecule has 1 aliphatic heterocycles. The van der Waals surface area contributed by atoms with Gasteiger partial charge in [0.05, 0.1) is 12.7 Å². The molecule has 1 saturated carbocycles. The van der Waals surface area contributed by atoms with Crippen LogP contribution in [0.2, 0.25) is 0 Å². The van der Waals surface area contributed by atoms with E-state index < -0.39 is 5.60 Å². The third-order valence-electron chi connectivity index (χ3n) is 5.06. The Kier molecular flexibility index (Phi) is 6.89. The van der Waals surface area contributed by atoms with E-state index in [1.54, 1.807) is 4.90 Å². The number of piperidine rings is 1. The number of hydrogen-bond donors (Lipinski definition) is 2. The molecule has 1 saturated heterocycles. The van der Waals surface area contributed by atoms with Gasteiger partial charge >= 0.3 is 6.09 Å². The molecule has 6 heteroatoms. The lowest BCUT2D eigenvalue weighted by Crippen LogP contribution is -2.55. The Balaban J connectivity index is 1.91. The summed E-state index contributed by atoms with van der Waals surface area (Å²) in [5.74, 6) is 0. The smallest absolute Gasteiger partial charge is 0.410 e. The van der Waals surface area contributed by atoms with Crippen LogP contribution in [0.1, 0.15) is 59.3 Å². The van der Waals surface area contributed by atoms with Crippen LogP contribution in [0.15, 0.2) is 0 Å². The molecule has 2 aliphatic rings. The molecule has 0 spiro atoms. The highest BCUT2D eigenvalue weighted by atomic mass is 16.6. The summed E-state index contributed by atoms with van der Waals surface area (Å²) in [6, 6.07) is 0.456. The van der Waals surface area contributed by atoms with Crippen molar-refractivity contribution in [2.45, 2.75) is 83.1 Å². The monoisotopic (exact) mass is 342 g/mol. The van der Waals surface area contributed by atoms with Crippen molar-refractivity contribution in [2.24, 2.45) is 0 Å². The van der Waals surface area contributed by atoms with Gasteiger partial charge in [-0.15, -0.1) is 0 Å². The molecule has 0 aromatic heterocycles. The fourth-order valence-electron chi connectivity index (χ4n) is 3.92. The zero-order valence-corrected chi connectivity index (χ0v) is 15.4. The lowest BCUT2D eigenvalue weighted by Gasteiger charge is -2.45. The van der Waals surface area contributed by atoms with Gasteiger partial charge in [-0.2, -0.15) is 0 Å². The molecule has 1 aliphatic carbocycles. The van der Waals surface area contributed by atoms with E-state index in [4.69, 9.17) is 4.74 Å². The maximum Gasteiger partial charge on any atom is 0.410 e. The van der Waals surface area contributed by atoms with Crippen LogP contribution in [0.25, 0.3) is 0 Å². The molecule has 140 valence electrons. The number of carbonyl (C=O) groups is 1. The minimum Gasteiger partial charge on any atom is -0.444 e. The maximum atomic E-state index is 12.2. The van der Waals surface area contributed by atoms with Crippen LogP contribution in [0, 0.1) is 0 Å². The fraction of sp³-hybridized carbons (Fsp3) is 0.944. The van der Waals surface area contributed by atoms with E-state index in [1.165, 1.54) is 0 Å². The van der Waals surface area contributed by atoms with Crippen molar-refractivity contribution in [3.63, 3.8) is 0 Å². The van der Waals surface area contributed by atoms with E-state index in [2.05, 4.69) is 4.90 Å². The summed E-state index contributed by atoms with van der Waals surface area (Å²) in [4.78, 5) is 16.2. The Bertz CT molecular complexity index is 402. The molecule has 2 N–H and O–H groups in total. The number of carbonyl (C=O) groups excluding carboxylic acids is 1. The van der Waals surface area contributed by atoms with Gasteiger partial charge < -0.3 is 19.8 Å². The molecule has 2 fully saturated rings. The summed E-state index contributed by atoms with van der Waals surface area (Å²) < 4.78 is 5.45. The van der Waals surface area contributed by atoms with Crippen LogP contribution in [0.4, 0.5) is 4.79 Å². The average Bonchev–Trinajstić information content (AvgIpc) is 2.52. The quantitative estimate of drug-likeness (QED) is 0.817. The predicted molar refractivity (Wildman–Crippen MR) is 92.9 cm³/mol. The van der Waals surface area contributed by atoms with Crippen molar-refractivity contribution in [3.05, 3.63) is 0 Å². The maximum absolute atomic E-state index is 12.2. The lowest BCUT2D eigenvalue weighted by molar-refractivity contribution is -0.0279. The standard InChI is InChI=1S/C18H34N2O4/c1-18(2,3)24-17(23)19-10-8-14(9-11-19)20(12-13-21)15-6-4-5-7-16(15)22/h14-16,21-22H,4-13H2,1-3H3/t15-,16-/m0/s1. The van der Waals surface area contributed by atoms with Gasteiger partial charge in [-0.05, 0) is 46.5 Å². The number of aliphatic hydroxyl groups is 2. The van der Waals surface area contributed by atoms with Crippen LogP contribution in [0.5, 0.6) is 0 Å². The molecule has 0 aromatic rings. The summed E-state index contributed by atoms with van der Waals surface area (Å²) in [5, 5.41) is 19.8. The minimum absolute atomic E-state index is 0.107. The molecular formula is C18H34N2O4. The van der Waals surface area contributed by atoms with Crippen molar-refractivity contribution in [2.75, 3.05) is 26.2 Å². The normalized spacial score (nSPS) is 26.7. The molecular weight excluding hydrogens is 308 g/mol. The second-order valence-electron chi connectivity index (χ2n) is 8.08. The minimum atomic E-state index is -0.469. The summed E-state index contributed by atoms with van der Waals surface area (Å²) in [6.07, 6.45) is 5.26. The first-order chi connectivity index (χ1) is 11.3. The van der Waals surface area contributed by atoms with Gasteiger partial charge in [0.25, 0.3) is 0 Å². The molecule has 6 nitrogen and oxygen atoms in total. The van der Waals surface area contributed by atoms with E-state index in [0.29, 0.717) is 25.7 Å². The number of amides is 1. The largest absolute Gasteiger partial charge is 0.444 e. The Morgan fingerprint density at radius 3 is 2.33 bits per heavy atom. The Morgan fingerprint density at radius 1 is 1.17 bits per heavy atom. The van der Waals surface area contributed by atoms with Gasteiger partial charge in [0.1, 0.15) is 5.60 Å². The van der Waals surface area contributed by atoms with E-state index in [9.17, 15) is 15.0 Å². The first kappa shape index (κ1) is 19.5. The predicted octanol–water partition coefficient (Wildman–Crippen LogP) is 1.98. The van der Waals surface area contributed by atoms with Gasteiger partial charge in [0.2, 0.25) is 0 Å². The summed E-state index contributed by atoms with van der Waals surface area (Å²) >= 11 is 0. The Labute approximate surface area is 145 Å². The van der Waals surface area contributed by atoms with Crippen LogP contribution in [-0.4, -0.2) is 76.1 Å². The zero-order chi connectivity index (χ0) is 17.7. The fourth-order valence-corrected chi connectivity index (χ4v) is 3.92. The van der Waals surface area contributed by atoms with E-state index in [1.807, 2.05) is 20.8 Å². The van der Waals surface area contributed by atoms with Gasteiger partial charge in [0, 0.05) is 31.7 Å². The summed E-state index contributed by atoms with van der Waals surface area (Å²) in [5.41, 5.74) is -0.469. The van der Waals surface area contributed by atoms with E-state index >= 15 is 0 Å². The van der Waals surface area contributed by atoms with E-state index in [-0.39, 0.29) is 24.8 Å². The molecule has 0 radical (unpaired) electrons. The molecule has 2 rings (SSSR count). The lowest BCUT2D eigenvalue weighted by atomic mass is 9.89. The molecule has 24 heavy (non-hydrogen) atoms. The zero-order valence-electron chi connectivity index (χ0n) is 15.4. The first-order valence-corrected chi connectivity index (χ1v) is 9.34. The highest BCUT2D eigenvalue weighted by molar-refractivity contribution is 5.68. The molecule has 0 unspecified atom stereocenters. The Morgan fingerprint density at radius 2 is 1.79 bits per heavy atom. The summed E-state index contributed by atoms with van der Waals surface area (Å²) in [7, 11) is 0. The first-order valence-electron chi connectivity index (χ1n) is 9.34. The van der Waals surface area contributed by atoms with Crippen LogP contribution < -0.4 is 0 Å². The van der Waals surface area contributed by atoms with Crippen molar-refractivity contribution in [3.8, 4) is 0 Å². The van der Waals surface area contributed by atoms with Crippen molar-refractivity contribution >= 4 is 6.09 Å². The third-order valence-corrected chi connectivity index (χ3v) is 5.06. The molecule has 2 atom stereocenters. The molecule has 0 bridgehead atoms. The summed E-state index contributed by atoms with van der Waals surface area (Å²) in [6.45, 7) is 7.68. The van der Waals surface area contributed by atoms with Gasteiger partial charge in [-0.1, -0.05) is 12.8 Å². The van der Waals surface area contributed by atoms with Crippen LogP contribution in [-0.2, 0) is 4.74 Å². The molecule has 1 amide bonds. The highest BCUT2D eigenvalue weighted by Gasteiger charge is 2.35. The number of hydrogen-bond acceptors (Lipinski definition) is 5. The Hall–Kier alpha value is -0.850. The number of aliphatic hydroxyl groups excluding tert-OH is 2. The number of likely N-dealkylation sites (tertiary alicyclic amines) is 1. The SMILES string of the molecule is CC(C)(C)OC(=O)N1CCC(N(CCO)[C@H]2CCCC[C@@H]2O)CC1. The van der Waals surface area contributed by atoms with Crippen LogP contribution >= 0.6 is 0 Å². The van der Waals surface area contributed by atoms with E-state index in [0.717, 1.165) is 38.5 Å². The van der Waals surface area contributed by atoms with Crippen LogP contribution in [0.3, 0.4) is 0 Å². The average molecular weight is 342 g/mol. The van der Waals surface area contributed by atoms with Gasteiger partial charge in [-0.25, -0.2) is 4.79 Å². The highest BCUT2D eigenvalue weighted by Crippen LogP contribution is 2.28. The second kappa shape index (κ2) is 8.50. The second-order valence-corrected chi connectivity index (χ2v) is 8.08. The van der Waals surface area contributed by atoms with Gasteiger partial charge in [-0.3, -0.25) is 4.90 Å².